The van der Waals surface area contributed by atoms with Crippen LogP contribution in [0.5, 0.6) is 0 Å². The molecule has 0 saturated heterocycles. The first kappa shape index (κ1) is 13.0. The number of halogens is 1. The Kier molecular flexibility index (Phi) is 3.75. The summed E-state index contributed by atoms with van der Waals surface area (Å²) in [6.07, 6.45) is 4.20. The minimum absolute atomic E-state index is 0.398. The molecule has 1 heterocycles. The van der Waals surface area contributed by atoms with Gasteiger partial charge in [0.1, 0.15) is 5.82 Å². The number of carbonyl (C=O) groups is 1. The zero-order valence-electron chi connectivity index (χ0n) is 10.4. The second kappa shape index (κ2) is 5.48. The van der Waals surface area contributed by atoms with Crippen LogP contribution < -0.4 is 0 Å². The number of carboxylic acids is 1. The maximum Gasteiger partial charge on any atom is 0.328 e. The van der Waals surface area contributed by atoms with E-state index in [1.807, 2.05) is 19.2 Å². The lowest BCUT2D eigenvalue weighted by atomic mass is 10.1. The quantitative estimate of drug-likeness (QED) is 0.859. The van der Waals surface area contributed by atoms with Gasteiger partial charge in [-0.2, -0.15) is 5.10 Å². The highest BCUT2D eigenvalue weighted by molar-refractivity contribution is 5.85. The molecule has 1 aromatic carbocycles. The second-order valence-corrected chi connectivity index (χ2v) is 4.17. The largest absolute Gasteiger partial charge is 0.478 e. The van der Waals surface area contributed by atoms with Crippen LogP contribution in [0.4, 0.5) is 4.39 Å². The Morgan fingerprint density at radius 2 is 2.26 bits per heavy atom. The molecule has 0 aliphatic heterocycles. The average Bonchev–Trinajstić information content (AvgIpc) is 2.75. The SMILES string of the molecule is Cc1ccn(Cc2ccc(F)cc2C=CC(=O)O)n1. The third-order valence-electron chi connectivity index (χ3n) is 2.62. The van der Waals surface area contributed by atoms with Crippen molar-refractivity contribution in [3.63, 3.8) is 0 Å². The van der Waals surface area contributed by atoms with Crippen LogP contribution in [0.1, 0.15) is 16.8 Å². The van der Waals surface area contributed by atoms with Crippen LogP contribution in [0.3, 0.4) is 0 Å². The van der Waals surface area contributed by atoms with Crippen molar-refractivity contribution in [2.75, 3.05) is 0 Å². The van der Waals surface area contributed by atoms with Gasteiger partial charge in [-0.15, -0.1) is 0 Å². The predicted octanol–water partition coefficient (Wildman–Crippen LogP) is 2.48. The number of aromatic nitrogens is 2. The number of rotatable bonds is 4. The fourth-order valence-electron chi connectivity index (χ4n) is 1.75. The first-order chi connectivity index (χ1) is 9.04. The van der Waals surface area contributed by atoms with E-state index in [2.05, 4.69) is 5.10 Å². The molecule has 98 valence electrons. The van der Waals surface area contributed by atoms with E-state index in [9.17, 15) is 9.18 Å². The van der Waals surface area contributed by atoms with Crippen molar-refractivity contribution in [2.45, 2.75) is 13.5 Å². The molecule has 0 aliphatic rings. The second-order valence-electron chi connectivity index (χ2n) is 4.17. The summed E-state index contributed by atoms with van der Waals surface area (Å²) < 4.78 is 14.9. The van der Waals surface area contributed by atoms with E-state index in [1.54, 1.807) is 10.7 Å². The molecule has 0 amide bonds. The summed E-state index contributed by atoms with van der Waals surface area (Å²) in [5.74, 6) is -1.46. The van der Waals surface area contributed by atoms with Gasteiger partial charge in [-0.3, -0.25) is 4.68 Å². The van der Waals surface area contributed by atoms with Crippen LogP contribution in [-0.4, -0.2) is 20.9 Å². The van der Waals surface area contributed by atoms with Gasteiger partial charge in [-0.05, 0) is 42.3 Å². The van der Waals surface area contributed by atoms with Gasteiger partial charge in [-0.1, -0.05) is 6.07 Å². The summed E-state index contributed by atoms with van der Waals surface area (Å²) in [6, 6.07) is 6.17. The molecule has 5 heteroatoms. The van der Waals surface area contributed by atoms with E-state index in [-0.39, 0.29) is 0 Å². The molecular weight excluding hydrogens is 247 g/mol. The van der Waals surface area contributed by atoms with Crippen molar-refractivity contribution in [3.05, 3.63) is 59.2 Å². The van der Waals surface area contributed by atoms with Crippen molar-refractivity contribution >= 4 is 12.0 Å². The lowest BCUT2D eigenvalue weighted by Crippen LogP contribution is -2.03. The van der Waals surface area contributed by atoms with Crippen LogP contribution in [0.2, 0.25) is 0 Å². The summed E-state index contributed by atoms with van der Waals surface area (Å²) in [4.78, 5) is 10.5. The van der Waals surface area contributed by atoms with Crippen LogP contribution in [0, 0.1) is 12.7 Å². The Morgan fingerprint density at radius 1 is 1.47 bits per heavy atom. The maximum atomic E-state index is 13.2. The van der Waals surface area contributed by atoms with Crippen LogP contribution in [-0.2, 0) is 11.3 Å². The zero-order chi connectivity index (χ0) is 13.8. The molecule has 4 nitrogen and oxygen atoms in total. The van der Waals surface area contributed by atoms with E-state index in [4.69, 9.17) is 5.11 Å². The first-order valence-electron chi connectivity index (χ1n) is 5.74. The smallest absolute Gasteiger partial charge is 0.328 e. The minimum atomic E-state index is -1.06. The number of hydrogen-bond donors (Lipinski definition) is 1. The Labute approximate surface area is 109 Å². The molecule has 0 bridgehead atoms. The molecule has 0 radical (unpaired) electrons. The summed E-state index contributed by atoms with van der Waals surface area (Å²) >= 11 is 0. The number of nitrogens with zero attached hydrogens (tertiary/aromatic N) is 2. The fraction of sp³-hybridized carbons (Fsp3) is 0.143. The highest BCUT2D eigenvalue weighted by Crippen LogP contribution is 2.15. The molecule has 1 aromatic heterocycles. The zero-order valence-corrected chi connectivity index (χ0v) is 10.4. The monoisotopic (exact) mass is 260 g/mol. The summed E-state index contributed by atoms with van der Waals surface area (Å²) in [6.45, 7) is 2.35. The Morgan fingerprint density at radius 3 is 2.89 bits per heavy atom. The van der Waals surface area contributed by atoms with E-state index in [0.29, 0.717) is 12.1 Å². The van der Waals surface area contributed by atoms with Crippen LogP contribution in [0.15, 0.2) is 36.5 Å². The molecule has 0 saturated carbocycles. The molecule has 2 rings (SSSR count). The molecule has 0 spiro atoms. The van der Waals surface area contributed by atoms with Crippen molar-refractivity contribution in [2.24, 2.45) is 0 Å². The van der Waals surface area contributed by atoms with Gasteiger partial charge in [-0.25, -0.2) is 9.18 Å². The van der Waals surface area contributed by atoms with E-state index in [1.165, 1.54) is 18.2 Å². The molecule has 2 aromatic rings. The van der Waals surface area contributed by atoms with Crippen molar-refractivity contribution in [3.8, 4) is 0 Å². The highest BCUT2D eigenvalue weighted by Gasteiger charge is 2.04. The van der Waals surface area contributed by atoms with Gasteiger partial charge in [0.05, 0.1) is 12.2 Å². The lowest BCUT2D eigenvalue weighted by Gasteiger charge is -2.06. The summed E-state index contributed by atoms with van der Waals surface area (Å²) in [5.41, 5.74) is 2.24. The maximum absolute atomic E-state index is 13.2. The molecule has 0 unspecified atom stereocenters. The third kappa shape index (κ3) is 3.51. The summed E-state index contributed by atoms with van der Waals surface area (Å²) in [7, 11) is 0. The topological polar surface area (TPSA) is 55.1 Å². The van der Waals surface area contributed by atoms with Crippen molar-refractivity contribution < 1.29 is 14.3 Å². The van der Waals surface area contributed by atoms with Crippen molar-refractivity contribution in [1.82, 2.24) is 9.78 Å². The highest BCUT2D eigenvalue weighted by atomic mass is 19.1. The molecule has 19 heavy (non-hydrogen) atoms. The Bertz CT molecular complexity index is 632. The standard InChI is InChI=1S/C14H13FN2O2/c1-10-6-7-17(16-10)9-12-2-4-13(15)8-11(12)3-5-14(18)19/h2-8H,9H2,1H3,(H,18,19). The molecule has 1 N–H and O–H groups in total. The Hall–Kier alpha value is -2.43. The Balaban J connectivity index is 2.31. The van der Waals surface area contributed by atoms with Gasteiger partial charge < -0.3 is 5.11 Å². The van der Waals surface area contributed by atoms with E-state index >= 15 is 0 Å². The normalized spacial score (nSPS) is 11.1. The minimum Gasteiger partial charge on any atom is -0.478 e. The number of benzene rings is 1. The molecular formula is C14H13FN2O2. The number of aliphatic carboxylic acids is 1. The number of hydrogen-bond acceptors (Lipinski definition) is 2. The predicted molar refractivity (Wildman–Crippen MR) is 69.1 cm³/mol. The number of carboxylic acid groups (broad SMARTS) is 1. The van der Waals surface area contributed by atoms with Crippen LogP contribution >= 0.6 is 0 Å². The van der Waals surface area contributed by atoms with Gasteiger partial charge >= 0.3 is 5.97 Å². The van der Waals surface area contributed by atoms with Crippen LogP contribution in [0.25, 0.3) is 6.08 Å². The van der Waals surface area contributed by atoms with Gasteiger partial charge in [0.15, 0.2) is 0 Å². The van der Waals surface area contributed by atoms with E-state index in [0.717, 1.165) is 17.3 Å². The lowest BCUT2D eigenvalue weighted by molar-refractivity contribution is -0.131. The molecule has 0 aliphatic carbocycles. The number of aryl methyl sites for hydroxylation is 1. The van der Waals surface area contributed by atoms with Gasteiger partial charge in [0.2, 0.25) is 0 Å². The fourth-order valence-corrected chi connectivity index (χ4v) is 1.75. The van der Waals surface area contributed by atoms with Crippen molar-refractivity contribution in [1.29, 1.82) is 0 Å². The van der Waals surface area contributed by atoms with E-state index < -0.39 is 11.8 Å². The van der Waals surface area contributed by atoms with Gasteiger partial charge in [0, 0.05) is 12.3 Å². The first-order valence-corrected chi connectivity index (χ1v) is 5.74. The molecule has 0 fully saturated rings. The third-order valence-corrected chi connectivity index (χ3v) is 2.62. The average molecular weight is 260 g/mol. The summed E-state index contributed by atoms with van der Waals surface area (Å²) in [5, 5.41) is 12.9. The molecule has 0 atom stereocenters. The van der Waals surface area contributed by atoms with Gasteiger partial charge in [0.25, 0.3) is 0 Å².